The van der Waals surface area contributed by atoms with Crippen LogP contribution in [-0.2, 0) is 0 Å². The maximum absolute atomic E-state index is 5.59. The van der Waals surface area contributed by atoms with Crippen molar-refractivity contribution in [3.8, 4) is 22.9 Å². The number of nitrogen functional groups attached to an aromatic ring is 1. The van der Waals surface area contributed by atoms with Crippen LogP contribution in [0.2, 0.25) is 0 Å². The minimum atomic E-state index is 0.115. The third kappa shape index (κ3) is 2.38. The lowest BCUT2D eigenvalue weighted by molar-refractivity contribution is 0.376. The zero-order valence-corrected chi connectivity index (χ0v) is 11.6. The summed E-state index contributed by atoms with van der Waals surface area (Å²) >= 11 is 3.39. The molecule has 0 aliphatic heterocycles. The summed E-state index contributed by atoms with van der Waals surface area (Å²) in [7, 11) is 3.06. The molecule has 0 saturated heterocycles. The van der Waals surface area contributed by atoms with Crippen LogP contribution in [0.5, 0.6) is 11.8 Å². The van der Waals surface area contributed by atoms with Gasteiger partial charge in [0.15, 0.2) is 0 Å². The first-order valence-corrected chi connectivity index (χ1v) is 5.96. The molecule has 6 heteroatoms. The van der Waals surface area contributed by atoms with Gasteiger partial charge in [-0.1, -0.05) is 28.1 Å². The Morgan fingerprint density at radius 2 is 1.50 bits per heavy atom. The molecule has 0 fully saturated rings. The predicted octanol–water partition coefficient (Wildman–Crippen LogP) is 2.51. The molecule has 2 rings (SSSR count). The number of anilines is 1. The molecule has 0 spiro atoms. The first-order valence-electron chi connectivity index (χ1n) is 5.17. The van der Waals surface area contributed by atoms with Gasteiger partial charge in [-0.15, -0.1) is 0 Å². The fourth-order valence-corrected chi connectivity index (χ4v) is 1.86. The second-order valence-corrected chi connectivity index (χ2v) is 4.40. The Morgan fingerprint density at radius 1 is 1.00 bits per heavy atom. The Bertz CT molecular complexity index is 533. The number of aromatic nitrogens is 2. The predicted molar refractivity (Wildman–Crippen MR) is 72.7 cm³/mol. The second kappa shape index (κ2) is 5.22. The average Bonchev–Trinajstić information content (AvgIpc) is 2.39. The SMILES string of the molecule is COc1nc(N)nc(OC)c1-c1ccc(Br)cc1. The number of benzene rings is 1. The molecule has 2 aromatic rings. The van der Waals surface area contributed by atoms with Crippen molar-refractivity contribution in [2.45, 2.75) is 0 Å². The first-order chi connectivity index (χ1) is 8.65. The number of methoxy groups -OCH3 is 2. The van der Waals surface area contributed by atoms with Crippen LogP contribution in [0, 0.1) is 0 Å². The summed E-state index contributed by atoms with van der Waals surface area (Å²) < 4.78 is 11.4. The molecule has 0 amide bonds. The normalized spacial score (nSPS) is 10.2. The van der Waals surface area contributed by atoms with Crippen LogP contribution in [0.3, 0.4) is 0 Å². The molecule has 0 bridgehead atoms. The standard InChI is InChI=1S/C12H12BrN3O2/c1-17-10-9(7-3-5-8(13)6-4-7)11(18-2)16-12(14)15-10/h3-6H,1-2H3,(H2,14,15,16). The van der Waals surface area contributed by atoms with E-state index in [0.717, 1.165) is 10.0 Å². The minimum absolute atomic E-state index is 0.115. The first kappa shape index (κ1) is 12.6. The number of nitrogens with two attached hydrogens (primary N) is 1. The highest BCUT2D eigenvalue weighted by Gasteiger charge is 2.16. The molecule has 0 atom stereocenters. The number of halogens is 1. The molecule has 1 heterocycles. The zero-order chi connectivity index (χ0) is 13.1. The highest BCUT2D eigenvalue weighted by molar-refractivity contribution is 9.10. The number of hydrogen-bond acceptors (Lipinski definition) is 5. The van der Waals surface area contributed by atoms with Crippen LogP contribution in [0.15, 0.2) is 28.7 Å². The Hall–Kier alpha value is -1.82. The summed E-state index contributed by atoms with van der Waals surface area (Å²) in [6.45, 7) is 0. The van der Waals surface area contributed by atoms with E-state index in [9.17, 15) is 0 Å². The van der Waals surface area contributed by atoms with Gasteiger partial charge >= 0.3 is 0 Å². The van der Waals surface area contributed by atoms with E-state index in [1.54, 1.807) is 0 Å². The van der Waals surface area contributed by atoms with Gasteiger partial charge < -0.3 is 15.2 Å². The highest BCUT2D eigenvalue weighted by Crippen LogP contribution is 2.36. The van der Waals surface area contributed by atoms with Gasteiger partial charge in [-0.2, -0.15) is 9.97 Å². The minimum Gasteiger partial charge on any atom is -0.480 e. The zero-order valence-electron chi connectivity index (χ0n) is 9.98. The summed E-state index contributed by atoms with van der Waals surface area (Å²) in [5, 5.41) is 0. The van der Waals surface area contributed by atoms with E-state index >= 15 is 0 Å². The van der Waals surface area contributed by atoms with Crippen LogP contribution >= 0.6 is 15.9 Å². The van der Waals surface area contributed by atoms with Crippen LogP contribution in [0.1, 0.15) is 0 Å². The van der Waals surface area contributed by atoms with Crippen LogP contribution in [0.4, 0.5) is 5.95 Å². The van der Waals surface area contributed by atoms with E-state index in [1.165, 1.54) is 14.2 Å². The number of nitrogens with zero attached hydrogens (tertiary/aromatic N) is 2. The lowest BCUT2D eigenvalue weighted by Crippen LogP contribution is -2.03. The van der Waals surface area contributed by atoms with Crippen LogP contribution in [0.25, 0.3) is 11.1 Å². The van der Waals surface area contributed by atoms with E-state index in [2.05, 4.69) is 25.9 Å². The van der Waals surface area contributed by atoms with Gasteiger partial charge in [-0.25, -0.2) is 0 Å². The Morgan fingerprint density at radius 3 is 1.94 bits per heavy atom. The van der Waals surface area contributed by atoms with E-state index in [1.807, 2.05) is 24.3 Å². The molecule has 18 heavy (non-hydrogen) atoms. The molecule has 0 unspecified atom stereocenters. The highest BCUT2D eigenvalue weighted by atomic mass is 79.9. The summed E-state index contributed by atoms with van der Waals surface area (Å²) in [4.78, 5) is 8.10. The van der Waals surface area contributed by atoms with Crippen molar-refractivity contribution < 1.29 is 9.47 Å². The van der Waals surface area contributed by atoms with E-state index in [0.29, 0.717) is 17.3 Å². The van der Waals surface area contributed by atoms with Crippen molar-refractivity contribution in [2.24, 2.45) is 0 Å². The fraction of sp³-hybridized carbons (Fsp3) is 0.167. The van der Waals surface area contributed by atoms with Gasteiger partial charge in [0.05, 0.1) is 14.2 Å². The summed E-state index contributed by atoms with van der Waals surface area (Å²) in [5.41, 5.74) is 7.17. The van der Waals surface area contributed by atoms with Crippen LogP contribution < -0.4 is 15.2 Å². The quantitative estimate of drug-likeness (QED) is 0.943. The molecular weight excluding hydrogens is 298 g/mol. The monoisotopic (exact) mass is 309 g/mol. The van der Waals surface area contributed by atoms with Crippen molar-refractivity contribution in [1.29, 1.82) is 0 Å². The fourth-order valence-electron chi connectivity index (χ4n) is 1.60. The lowest BCUT2D eigenvalue weighted by atomic mass is 10.1. The van der Waals surface area contributed by atoms with Crippen LogP contribution in [-0.4, -0.2) is 24.2 Å². The smallest absolute Gasteiger partial charge is 0.229 e. The van der Waals surface area contributed by atoms with Crippen molar-refractivity contribution in [2.75, 3.05) is 20.0 Å². The average molecular weight is 310 g/mol. The largest absolute Gasteiger partial charge is 0.480 e. The third-order valence-corrected chi connectivity index (χ3v) is 2.91. The van der Waals surface area contributed by atoms with E-state index in [4.69, 9.17) is 15.2 Å². The molecule has 0 saturated carbocycles. The number of ether oxygens (including phenoxy) is 2. The van der Waals surface area contributed by atoms with Gasteiger partial charge in [0.25, 0.3) is 0 Å². The topological polar surface area (TPSA) is 70.3 Å². The number of rotatable bonds is 3. The summed E-state index contributed by atoms with van der Waals surface area (Å²) in [5.74, 6) is 0.896. The van der Waals surface area contributed by atoms with E-state index in [-0.39, 0.29) is 5.95 Å². The third-order valence-electron chi connectivity index (χ3n) is 2.38. The second-order valence-electron chi connectivity index (χ2n) is 3.48. The van der Waals surface area contributed by atoms with Gasteiger partial charge in [-0.3, -0.25) is 0 Å². The van der Waals surface area contributed by atoms with Crippen molar-refractivity contribution in [3.05, 3.63) is 28.7 Å². The molecule has 2 N–H and O–H groups in total. The number of hydrogen-bond donors (Lipinski definition) is 1. The molecule has 1 aromatic carbocycles. The van der Waals surface area contributed by atoms with Crippen molar-refractivity contribution in [3.63, 3.8) is 0 Å². The Kier molecular flexibility index (Phi) is 3.66. The van der Waals surface area contributed by atoms with Gasteiger partial charge in [0, 0.05) is 4.47 Å². The molecule has 5 nitrogen and oxygen atoms in total. The lowest BCUT2D eigenvalue weighted by Gasteiger charge is -2.12. The molecule has 0 aliphatic rings. The van der Waals surface area contributed by atoms with Crippen molar-refractivity contribution >= 4 is 21.9 Å². The summed E-state index contributed by atoms with van der Waals surface area (Å²) in [6.07, 6.45) is 0. The Labute approximate surface area is 113 Å². The maximum Gasteiger partial charge on any atom is 0.229 e. The Balaban J connectivity index is 2.64. The molecule has 0 radical (unpaired) electrons. The summed E-state index contributed by atoms with van der Waals surface area (Å²) in [6, 6.07) is 7.68. The van der Waals surface area contributed by atoms with Crippen molar-refractivity contribution in [1.82, 2.24) is 9.97 Å². The molecule has 94 valence electrons. The maximum atomic E-state index is 5.59. The molecular formula is C12H12BrN3O2. The van der Waals surface area contributed by atoms with Gasteiger partial charge in [-0.05, 0) is 17.7 Å². The van der Waals surface area contributed by atoms with Gasteiger partial charge in [0.1, 0.15) is 5.56 Å². The van der Waals surface area contributed by atoms with Gasteiger partial charge in [0.2, 0.25) is 17.7 Å². The molecule has 1 aromatic heterocycles. The van der Waals surface area contributed by atoms with E-state index < -0.39 is 0 Å². The molecule has 0 aliphatic carbocycles.